The van der Waals surface area contributed by atoms with E-state index in [0.29, 0.717) is 46.1 Å². The standard InChI is InChI=1S/C26H27BrN2O3/c1-18(2)14-15-32-24-13-12-20(16-22(24)27)25(30)29-23-11-7-6-10-21(23)26(31)28-17-19-8-4-3-5-9-19/h3-13,16,18H,14-15,17H2,1-2H3,(H,28,31)(H,29,30). The maximum absolute atomic E-state index is 12.8. The first-order chi connectivity index (χ1) is 15.4. The lowest BCUT2D eigenvalue weighted by atomic mass is 10.1. The van der Waals surface area contributed by atoms with E-state index < -0.39 is 0 Å². The van der Waals surface area contributed by atoms with Crippen molar-refractivity contribution in [1.29, 1.82) is 0 Å². The van der Waals surface area contributed by atoms with Crippen molar-refractivity contribution in [3.05, 3.63) is 94.0 Å². The lowest BCUT2D eigenvalue weighted by Gasteiger charge is -2.13. The van der Waals surface area contributed by atoms with Gasteiger partial charge in [-0.1, -0.05) is 56.3 Å². The van der Waals surface area contributed by atoms with Gasteiger partial charge in [0, 0.05) is 12.1 Å². The van der Waals surface area contributed by atoms with Gasteiger partial charge in [0.05, 0.1) is 22.3 Å². The van der Waals surface area contributed by atoms with Crippen molar-refractivity contribution in [2.75, 3.05) is 11.9 Å². The van der Waals surface area contributed by atoms with Crippen molar-refractivity contribution >= 4 is 33.4 Å². The fourth-order valence-electron chi connectivity index (χ4n) is 3.02. The molecule has 5 nitrogen and oxygen atoms in total. The van der Waals surface area contributed by atoms with Crippen LogP contribution in [-0.2, 0) is 6.54 Å². The van der Waals surface area contributed by atoms with Gasteiger partial charge in [0.1, 0.15) is 5.75 Å². The maximum atomic E-state index is 12.8. The third-order valence-electron chi connectivity index (χ3n) is 4.86. The number of para-hydroxylation sites is 1. The molecule has 0 aliphatic heterocycles. The summed E-state index contributed by atoms with van der Waals surface area (Å²) < 4.78 is 6.49. The zero-order chi connectivity index (χ0) is 22.9. The molecule has 0 fully saturated rings. The smallest absolute Gasteiger partial charge is 0.255 e. The summed E-state index contributed by atoms with van der Waals surface area (Å²) in [7, 11) is 0. The van der Waals surface area contributed by atoms with Gasteiger partial charge in [0.15, 0.2) is 0 Å². The second kappa shape index (κ2) is 11.5. The van der Waals surface area contributed by atoms with Crippen molar-refractivity contribution in [3.8, 4) is 5.75 Å². The van der Waals surface area contributed by atoms with Crippen molar-refractivity contribution in [2.24, 2.45) is 5.92 Å². The van der Waals surface area contributed by atoms with Gasteiger partial charge < -0.3 is 15.4 Å². The number of carbonyl (C=O) groups is 2. The molecule has 3 aromatic rings. The van der Waals surface area contributed by atoms with Crippen LogP contribution in [0.4, 0.5) is 5.69 Å². The Hall–Kier alpha value is -3.12. The van der Waals surface area contributed by atoms with E-state index in [4.69, 9.17) is 4.74 Å². The quantitative estimate of drug-likeness (QED) is 0.380. The van der Waals surface area contributed by atoms with Crippen LogP contribution in [0.5, 0.6) is 5.75 Å². The number of halogens is 1. The first kappa shape index (κ1) is 23.5. The Balaban J connectivity index is 1.66. The zero-order valence-corrected chi connectivity index (χ0v) is 19.8. The minimum Gasteiger partial charge on any atom is -0.492 e. The second-order valence-electron chi connectivity index (χ2n) is 7.84. The minimum absolute atomic E-state index is 0.250. The third-order valence-corrected chi connectivity index (χ3v) is 5.48. The van der Waals surface area contributed by atoms with E-state index in [-0.39, 0.29) is 11.8 Å². The Morgan fingerprint density at radius 1 is 0.938 bits per heavy atom. The van der Waals surface area contributed by atoms with Crippen LogP contribution in [0.3, 0.4) is 0 Å². The molecule has 2 N–H and O–H groups in total. The number of anilines is 1. The fourth-order valence-corrected chi connectivity index (χ4v) is 3.52. The molecule has 0 aliphatic carbocycles. The van der Waals surface area contributed by atoms with Gasteiger partial charge in [0.25, 0.3) is 11.8 Å². The monoisotopic (exact) mass is 494 g/mol. The van der Waals surface area contributed by atoms with Crippen molar-refractivity contribution in [3.63, 3.8) is 0 Å². The van der Waals surface area contributed by atoms with Crippen molar-refractivity contribution in [1.82, 2.24) is 5.32 Å². The summed E-state index contributed by atoms with van der Waals surface area (Å²) in [5.41, 5.74) is 2.33. The topological polar surface area (TPSA) is 67.4 Å². The lowest BCUT2D eigenvalue weighted by molar-refractivity contribution is 0.0952. The summed E-state index contributed by atoms with van der Waals surface area (Å²) in [5.74, 6) is 0.703. The number of carbonyl (C=O) groups excluding carboxylic acids is 2. The highest BCUT2D eigenvalue weighted by atomic mass is 79.9. The van der Waals surface area contributed by atoms with Gasteiger partial charge >= 0.3 is 0 Å². The van der Waals surface area contributed by atoms with Gasteiger partial charge in [-0.3, -0.25) is 9.59 Å². The van der Waals surface area contributed by atoms with Crippen LogP contribution < -0.4 is 15.4 Å². The van der Waals surface area contributed by atoms with Gasteiger partial charge in [0.2, 0.25) is 0 Å². The highest BCUT2D eigenvalue weighted by Gasteiger charge is 2.15. The zero-order valence-electron chi connectivity index (χ0n) is 18.2. The van der Waals surface area contributed by atoms with Gasteiger partial charge in [-0.05, 0) is 64.2 Å². The van der Waals surface area contributed by atoms with Crippen LogP contribution >= 0.6 is 15.9 Å². The van der Waals surface area contributed by atoms with Gasteiger partial charge in [-0.25, -0.2) is 0 Å². The molecule has 0 heterocycles. The molecule has 0 saturated heterocycles. The Morgan fingerprint density at radius 3 is 2.38 bits per heavy atom. The molecule has 0 unspecified atom stereocenters. The number of benzene rings is 3. The Labute approximate surface area is 197 Å². The first-order valence-electron chi connectivity index (χ1n) is 10.6. The average Bonchev–Trinajstić information content (AvgIpc) is 2.79. The second-order valence-corrected chi connectivity index (χ2v) is 8.70. The van der Waals surface area contributed by atoms with E-state index in [0.717, 1.165) is 12.0 Å². The number of rotatable bonds is 9. The van der Waals surface area contributed by atoms with E-state index >= 15 is 0 Å². The largest absolute Gasteiger partial charge is 0.492 e. The molecule has 3 aromatic carbocycles. The molecule has 0 aliphatic rings. The molecule has 0 saturated carbocycles. The van der Waals surface area contributed by atoms with Crippen LogP contribution in [0.2, 0.25) is 0 Å². The molecule has 6 heteroatoms. The van der Waals surface area contributed by atoms with Crippen LogP contribution in [-0.4, -0.2) is 18.4 Å². The molecule has 2 amide bonds. The van der Waals surface area contributed by atoms with Crippen molar-refractivity contribution in [2.45, 2.75) is 26.8 Å². The number of nitrogens with one attached hydrogen (secondary N) is 2. The molecule has 0 spiro atoms. The highest BCUT2D eigenvalue weighted by molar-refractivity contribution is 9.10. The summed E-state index contributed by atoms with van der Waals surface area (Å²) in [6.45, 7) is 5.32. The molecule has 32 heavy (non-hydrogen) atoms. The predicted octanol–water partition coefficient (Wildman–Crippen LogP) is 6.06. The summed E-state index contributed by atoms with van der Waals surface area (Å²) in [6, 6.07) is 21.8. The molecule has 0 atom stereocenters. The summed E-state index contributed by atoms with van der Waals surface area (Å²) in [4.78, 5) is 25.5. The molecule has 0 aromatic heterocycles. The third kappa shape index (κ3) is 6.69. The number of hydrogen-bond donors (Lipinski definition) is 2. The SMILES string of the molecule is CC(C)CCOc1ccc(C(=O)Nc2ccccc2C(=O)NCc2ccccc2)cc1Br. The van der Waals surface area contributed by atoms with E-state index in [1.807, 2.05) is 30.3 Å². The van der Waals surface area contributed by atoms with Gasteiger partial charge in [-0.2, -0.15) is 0 Å². The summed E-state index contributed by atoms with van der Waals surface area (Å²) in [6.07, 6.45) is 0.956. The van der Waals surface area contributed by atoms with Gasteiger partial charge in [-0.15, -0.1) is 0 Å². The first-order valence-corrected chi connectivity index (χ1v) is 11.4. The molecule has 0 radical (unpaired) electrons. The summed E-state index contributed by atoms with van der Waals surface area (Å²) >= 11 is 3.48. The minimum atomic E-state index is -0.303. The van der Waals surface area contributed by atoms with E-state index in [1.165, 1.54) is 0 Å². The number of hydrogen-bond acceptors (Lipinski definition) is 3. The molecule has 0 bridgehead atoms. The lowest BCUT2D eigenvalue weighted by Crippen LogP contribution is -2.24. The Morgan fingerprint density at radius 2 is 1.66 bits per heavy atom. The maximum Gasteiger partial charge on any atom is 0.255 e. The summed E-state index contributed by atoms with van der Waals surface area (Å²) in [5, 5.41) is 5.75. The van der Waals surface area contributed by atoms with Crippen LogP contribution in [0.1, 0.15) is 46.5 Å². The van der Waals surface area contributed by atoms with Crippen LogP contribution in [0, 0.1) is 5.92 Å². The Kier molecular flexibility index (Phi) is 8.45. The average molecular weight is 495 g/mol. The number of amides is 2. The van der Waals surface area contributed by atoms with E-state index in [1.54, 1.807) is 42.5 Å². The Bertz CT molecular complexity index is 1070. The van der Waals surface area contributed by atoms with E-state index in [9.17, 15) is 9.59 Å². The fraction of sp³-hybridized carbons (Fsp3) is 0.231. The normalized spacial score (nSPS) is 10.6. The van der Waals surface area contributed by atoms with Crippen LogP contribution in [0.25, 0.3) is 0 Å². The number of ether oxygens (including phenoxy) is 1. The predicted molar refractivity (Wildman–Crippen MR) is 131 cm³/mol. The van der Waals surface area contributed by atoms with E-state index in [2.05, 4.69) is 40.4 Å². The van der Waals surface area contributed by atoms with Crippen LogP contribution in [0.15, 0.2) is 77.3 Å². The molecule has 166 valence electrons. The molecule has 3 rings (SSSR count). The molecular weight excluding hydrogens is 468 g/mol. The highest BCUT2D eigenvalue weighted by Crippen LogP contribution is 2.27. The molecular formula is C26H27BrN2O3. The van der Waals surface area contributed by atoms with Crippen molar-refractivity contribution < 1.29 is 14.3 Å².